The lowest BCUT2D eigenvalue weighted by atomic mass is 9.86. The molecule has 2 heterocycles. The lowest BCUT2D eigenvalue weighted by Crippen LogP contribution is -2.43. The molecule has 5 nitrogen and oxygen atoms in total. The quantitative estimate of drug-likeness (QED) is 0.713. The van der Waals surface area contributed by atoms with Crippen molar-refractivity contribution >= 4 is 29.4 Å². The first-order valence-electron chi connectivity index (χ1n) is 5.17. The van der Waals surface area contributed by atoms with Gasteiger partial charge in [-0.3, -0.25) is 9.79 Å². The summed E-state index contributed by atoms with van der Waals surface area (Å²) < 4.78 is 0. The van der Waals surface area contributed by atoms with Gasteiger partial charge >= 0.3 is 0 Å². The van der Waals surface area contributed by atoms with Gasteiger partial charge in [0.25, 0.3) is 5.91 Å². The summed E-state index contributed by atoms with van der Waals surface area (Å²) in [7, 11) is 0. The van der Waals surface area contributed by atoms with Gasteiger partial charge in [-0.15, -0.1) is 11.8 Å². The number of fused-ring (bicyclic) bond motifs is 3. The Kier molecular flexibility index (Phi) is 2.16. The molecule has 0 saturated heterocycles. The second-order valence-electron chi connectivity index (χ2n) is 3.94. The molecule has 0 spiro atoms. The minimum atomic E-state index is -1.76. The van der Waals surface area contributed by atoms with Crippen LogP contribution in [0.4, 0.5) is 5.69 Å². The number of hydrogen-bond acceptors (Lipinski definition) is 5. The molecule has 1 N–H and O–H groups in total. The van der Waals surface area contributed by atoms with Gasteiger partial charge in [-0.2, -0.15) is 10.5 Å². The van der Waals surface area contributed by atoms with E-state index in [0.29, 0.717) is 16.8 Å². The summed E-state index contributed by atoms with van der Waals surface area (Å²) in [5.41, 5.74) is -1.16. The van der Waals surface area contributed by atoms with Crippen molar-refractivity contribution < 1.29 is 4.79 Å². The van der Waals surface area contributed by atoms with E-state index in [2.05, 4.69) is 10.3 Å². The van der Waals surface area contributed by atoms with Gasteiger partial charge in [-0.1, -0.05) is 0 Å². The molecule has 0 radical (unpaired) electrons. The van der Waals surface area contributed by atoms with Gasteiger partial charge in [0.2, 0.25) is 5.41 Å². The van der Waals surface area contributed by atoms with Crippen LogP contribution in [0.15, 0.2) is 22.0 Å². The smallest absolute Gasteiger partial charge is 0.263 e. The maximum absolute atomic E-state index is 11.8. The summed E-state index contributed by atoms with van der Waals surface area (Å²) in [5.74, 6) is 0.0188. The van der Waals surface area contributed by atoms with Crippen LogP contribution in [-0.4, -0.2) is 11.8 Å². The highest BCUT2D eigenvalue weighted by Crippen LogP contribution is 2.25. The molecular weight excluding hydrogens is 248 g/mol. The third-order valence-electron chi connectivity index (χ3n) is 2.94. The Morgan fingerprint density at radius 1 is 1.39 bits per heavy atom. The average molecular weight is 254 g/mol. The van der Waals surface area contributed by atoms with Crippen LogP contribution in [0.1, 0.15) is 0 Å². The number of carbonyl (C=O) groups excluding carboxylic acids is 1. The van der Waals surface area contributed by atoms with Crippen LogP contribution in [0, 0.1) is 28.1 Å². The van der Waals surface area contributed by atoms with Gasteiger partial charge in [-0.25, -0.2) is 0 Å². The Morgan fingerprint density at radius 2 is 2.17 bits per heavy atom. The van der Waals surface area contributed by atoms with Crippen molar-refractivity contribution in [2.24, 2.45) is 10.4 Å². The van der Waals surface area contributed by atoms with Crippen molar-refractivity contribution in [1.29, 1.82) is 10.5 Å². The number of nitrogens with one attached hydrogen (secondary N) is 1. The second-order valence-corrected chi connectivity index (χ2v) is 4.92. The van der Waals surface area contributed by atoms with Crippen molar-refractivity contribution in [3.8, 4) is 12.1 Å². The lowest BCUT2D eigenvalue weighted by molar-refractivity contribution is -0.118. The van der Waals surface area contributed by atoms with E-state index < -0.39 is 11.3 Å². The molecular formula is C12H6N4OS. The fraction of sp³-hybridized carbons (Fsp3) is 0.167. The predicted octanol–water partition coefficient (Wildman–Crippen LogP) is 0.136. The SMILES string of the molecule is N#CC1(C#N)C=c2c(ccc3c2=NCS3)NC1=O. The Morgan fingerprint density at radius 3 is 2.89 bits per heavy atom. The van der Waals surface area contributed by atoms with E-state index in [1.54, 1.807) is 30.0 Å². The molecule has 6 heteroatoms. The normalized spacial score (nSPS) is 18.2. The summed E-state index contributed by atoms with van der Waals surface area (Å²) in [6.45, 7) is 0. The van der Waals surface area contributed by atoms with Gasteiger partial charge in [-0.05, 0) is 18.2 Å². The maximum atomic E-state index is 11.8. The molecule has 0 atom stereocenters. The monoisotopic (exact) mass is 254 g/mol. The number of benzene rings is 1. The number of nitriles is 2. The zero-order valence-corrected chi connectivity index (χ0v) is 9.91. The van der Waals surface area contributed by atoms with E-state index in [0.717, 1.165) is 10.3 Å². The van der Waals surface area contributed by atoms with E-state index in [1.807, 2.05) is 6.07 Å². The Labute approximate surface area is 106 Å². The van der Waals surface area contributed by atoms with Gasteiger partial charge in [0.15, 0.2) is 0 Å². The highest BCUT2D eigenvalue weighted by Gasteiger charge is 2.40. The highest BCUT2D eigenvalue weighted by atomic mass is 32.2. The van der Waals surface area contributed by atoms with Crippen molar-refractivity contribution in [3.05, 3.63) is 22.7 Å². The summed E-state index contributed by atoms with van der Waals surface area (Å²) in [6, 6.07) is 7.20. The molecule has 2 aliphatic heterocycles. The summed E-state index contributed by atoms with van der Waals surface area (Å²) in [4.78, 5) is 17.2. The average Bonchev–Trinajstić information content (AvgIpc) is 2.86. The number of anilines is 1. The van der Waals surface area contributed by atoms with Crippen molar-refractivity contribution in [2.75, 3.05) is 11.2 Å². The van der Waals surface area contributed by atoms with E-state index in [1.165, 1.54) is 6.08 Å². The van der Waals surface area contributed by atoms with Crippen LogP contribution in [-0.2, 0) is 4.79 Å². The molecule has 1 aromatic carbocycles. The minimum Gasteiger partial charge on any atom is -0.323 e. The predicted molar refractivity (Wildman–Crippen MR) is 64.7 cm³/mol. The zero-order chi connectivity index (χ0) is 12.8. The van der Waals surface area contributed by atoms with Gasteiger partial charge in [0, 0.05) is 10.1 Å². The third-order valence-corrected chi connectivity index (χ3v) is 3.84. The van der Waals surface area contributed by atoms with Crippen LogP contribution in [0.2, 0.25) is 0 Å². The number of nitrogens with zero attached hydrogens (tertiary/aromatic N) is 3. The first-order valence-corrected chi connectivity index (χ1v) is 6.16. The maximum Gasteiger partial charge on any atom is 0.263 e. The van der Waals surface area contributed by atoms with Crippen LogP contribution in [0.5, 0.6) is 0 Å². The molecule has 0 saturated carbocycles. The Hall–Kier alpha value is -2.31. The first-order chi connectivity index (χ1) is 8.70. The molecule has 0 aromatic heterocycles. The molecule has 2 aliphatic rings. The molecule has 0 bridgehead atoms. The summed E-state index contributed by atoms with van der Waals surface area (Å²) in [5, 5.41) is 22.2. The molecule has 0 unspecified atom stereocenters. The van der Waals surface area contributed by atoms with Gasteiger partial charge < -0.3 is 5.32 Å². The van der Waals surface area contributed by atoms with Gasteiger partial charge in [0.1, 0.15) is 0 Å². The van der Waals surface area contributed by atoms with Crippen LogP contribution < -0.4 is 15.9 Å². The number of amides is 1. The standard InChI is InChI=1S/C12H6N4OS/c13-4-12(5-14)3-7-8(16-11(12)17)1-2-9-10(7)15-6-18-9/h1-3H,6H2,(H,16,17). The molecule has 86 valence electrons. The van der Waals surface area contributed by atoms with E-state index >= 15 is 0 Å². The highest BCUT2D eigenvalue weighted by molar-refractivity contribution is 7.99. The van der Waals surface area contributed by atoms with Crippen molar-refractivity contribution in [1.82, 2.24) is 0 Å². The van der Waals surface area contributed by atoms with Gasteiger partial charge in [0.05, 0.1) is 29.1 Å². The fourth-order valence-electron chi connectivity index (χ4n) is 1.98. The lowest BCUT2D eigenvalue weighted by Gasteiger charge is -2.19. The molecule has 0 aliphatic carbocycles. The van der Waals surface area contributed by atoms with Crippen LogP contribution in [0.3, 0.4) is 0 Å². The Balaban J connectivity index is 2.42. The number of carbonyl (C=O) groups is 1. The van der Waals surface area contributed by atoms with Crippen LogP contribution >= 0.6 is 11.8 Å². The second kappa shape index (κ2) is 3.59. The van der Waals surface area contributed by atoms with E-state index in [4.69, 9.17) is 10.5 Å². The van der Waals surface area contributed by atoms with Crippen molar-refractivity contribution in [2.45, 2.75) is 4.90 Å². The third kappa shape index (κ3) is 1.27. The topological polar surface area (TPSA) is 89.0 Å². The Bertz CT molecular complexity index is 755. The minimum absolute atomic E-state index is 0.603. The van der Waals surface area contributed by atoms with E-state index in [9.17, 15) is 4.79 Å². The molecule has 1 amide bonds. The molecule has 1 aromatic rings. The van der Waals surface area contributed by atoms with Crippen molar-refractivity contribution in [3.63, 3.8) is 0 Å². The summed E-state index contributed by atoms with van der Waals surface area (Å²) in [6.07, 6.45) is 1.41. The van der Waals surface area contributed by atoms with Crippen LogP contribution in [0.25, 0.3) is 6.08 Å². The molecule has 0 fully saturated rings. The zero-order valence-electron chi connectivity index (χ0n) is 9.10. The number of rotatable bonds is 0. The summed E-state index contributed by atoms with van der Waals surface area (Å²) >= 11 is 1.59. The first kappa shape index (κ1) is 10.8. The number of thioether (sulfide) groups is 1. The molecule has 18 heavy (non-hydrogen) atoms. The largest absolute Gasteiger partial charge is 0.323 e. The number of hydrogen-bond donors (Lipinski definition) is 1. The molecule has 3 rings (SSSR count). The van der Waals surface area contributed by atoms with E-state index in [-0.39, 0.29) is 0 Å². The fourth-order valence-corrected chi connectivity index (χ4v) is 2.79.